The van der Waals surface area contributed by atoms with Crippen molar-refractivity contribution in [3.63, 3.8) is 0 Å². The van der Waals surface area contributed by atoms with Crippen LogP contribution in [0.1, 0.15) is 6.23 Å². The second-order valence-electron chi connectivity index (χ2n) is 4.27. The van der Waals surface area contributed by atoms with Crippen LogP contribution >= 0.6 is 11.6 Å². The molecule has 2 rings (SSSR count). The zero-order chi connectivity index (χ0) is 14.2. The van der Waals surface area contributed by atoms with Gasteiger partial charge in [0.1, 0.15) is 11.7 Å². The van der Waals surface area contributed by atoms with E-state index in [1.165, 1.54) is 0 Å². The number of rotatable bonds is 3. The molecule has 1 aromatic rings. The van der Waals surface area contributed by atoms with Gasteiger partial charge in [-0.05, 0) is 0 Å². The molecule has 1 fully saturated rings. The number of alkyl halides is 2. The quantitative estimate of drug-likeness (QED) is 0.603. The molecule has 1 aliphatic heterocycles. The molecule has 4 atom stereocenters. The van der Waals surface area contributed by atoms with Gasteiger partial charge in [0.25, 0.3) is 5.56 Å². The van der Waals surface area contributed by atoms with Gasteiger partial charge < -0.3 is 14.9 Å². The van der Waals surface area contributed by atoms with E-state index < -0.39 is 42.0 Å². The van der Waals surface area contributed by atoms with Crippen LogP contribution in [0.4, 0.5) is 4.39 Å². The number of nitrogens with one attached hydrogen (secondary N) is 1. The summed E-state index contributed by atoms with van der Waals surface area (Å²) >= 11 is 5.59. The average molecular weight is 295 g/mol. The molecule has 2 heterocycles. The Bertz CT molecular complexity index is 570. The topological polar surface area (TPSA) is 105 Å². The first-order valence-electron chi connectivity index (χ1n) is 5.43. The first kappa shape index (κ1) is 14.2. The highest BCUT2D eigenvalue weighted by molar-refractivity contribution is 6.18. The standard InChI is InChI=1S/C10H12ClFN2O5/c11-3-10(4-15)7(17)6(12)8(19-10)14-2-1-5(16)13-9(14)18/h1-2,6-8,15,17H,3-4H2,(H,13,16,18)/t6-,7-,8?,10+/m0/s1. The number of aromatic amines is 1. The van der Waals surface area contributed by atoms with E-state index in [0.29, 0.717) is 0 Å². The molecule has 0 bridgehead atoms. The number of hydrogen-bond acceptors (Lipinski definition) is 5. The number of aromatic nitrogens is 2. The Labute approximate surface area is 111 Å². The van der Waals surface area contributed by atoms with E-state index in [1.807, 2.05) is 4.98 Å². The number of H-pyrrole nitrogens is 1. The maximum Gasteiger partial charge on any atom is 0.330 e. The molecule has 0 aromatic carbocycles. The van der Waals surface area contributed by atoms with Gasteiger partial charge in [0.05, 0.1) is 12.5 Å². The van der Waals surface area contributed by atoms with Crippen molar-refractivity contribution in [1.29, 1.82) is 0 Å². The number of halogens is 2. The lowest BCUT2D eigenvalue weighted by molar-refractivity contribution is -0.115. The summed E-state index contributed by atoms with van der Waals surface area (Å²) in [5.41, 5.74) is -3.20. The predicted octanol–water partition coefficient (Wildman–Crippen LogP) is -1.27. The summed E-state index contributed by atoms with van der Waals surface area (Å²) in [6.07, 6.45) is -4.06. The third kappa shape index (κ3) is 2.20. The minimum Gasteiger partial charge on any atom is -0.393 e. The van der Waals surface area contributed by atoms with Crippen LogP contribution in [0.5, 0.6) is 0 Å². The molecule has 19 heavy (non-hydrogen) atoms. The van der Waals surface area contributed by atoms with Gasteiger partial charge in [0.2, 0.25) is 0 Å². The smallest absolute Gasteiger partial charge is 0.330 e. The summed E-state index contributed by atoms with van der Waals surface area (Å²) in [6, 6.07) is 1.02. The van der Waals surface area contributed by atoms with Crippen molar-refractivity contribution in [1.82, 2.24) is 9.55 Å². The van der Waals surface area contributed by atoms with E-state index in [2.05, 4.69) is 0 Å². The number of hydrogen-bond donors (Lipinski definition) is 3. The minimum atomic E-state index is -1.96. The molecule has 1 aliphatic rings. The van der Waals surface area contributed by atoms with Gasteiger partial charge in [-0.15, -0.1) is 11.6 Å². The van der Waals surface area contributed by atoms with Gasteiger partial charge >= 0.3 is 5.69 Å². The van der Waals surface area contributed by atoms with Gasteiger partial charge in [0.15, 0.2) is 12.4 Å². The van der Waals surface area contributed by atoms with E-state index >= 15 is 0 Å². The maximum absolute atomic E-state index is 14.0. The molecule has 0 amide bonds. The van der Waals surface area contributed by atoms with Crippen LogP contribution in [0.2, 0.25) is 0 Å². The molecule has 1 unspecified atom stereocenters. The fourth-order valence-electron chi connectivity index (χ4n) is 1.94. The lowest BCUT2D eigenvalue weighted by atomic mass is 9.99. The van der Waals surface area contributed by atoms with E-state index in [9.17, 15) is 24.2 Å². The molecule has 3 N–H and O–H groups in total. The second kappa shape index (κ2) is 5.04. The molecule has 9 heteroatoms. The molecular formula is C10H12ClFN2O5. The summed E-state index contributed by atoms with van der Waals surface area (Å²) < 4.78 is 20.0. The van der Waals surface area contributed by atoms with Crippen LogP contribution < -0.4 is 11.2 Å². The van der Waals surface area contributed by atoms with Gasteiger partial charge in [-0.1, -0.05) is 0 Å². The molecule has 0 spiro atoms. The van der Waals surface area contributed by atoms with Crippen molar-refractivity contribution in [3.05, 3.63) is 33.1 Å². The maximum atomic E-state index is 14.0. The second-order valence-corrected chi connectivity index (χ2v) is 4.54. The largest absolute Gasteiger partial charge is 0.393 e. The summed E-state index contributed by atoms with van der Waals surface area (Å²) in [5.74, 6) is -0.348. The number of aliphatic hydroxyl groups excluding tert-OH is 2. The highest BCUT2D eigenvalue weighted by atomic mass is 35.5. The molecule has 1 saturated heterocycles. The lowest BCUT2D eigenvalue weighted by Crippen LogP contribution is -2.47. The van der Waals surface area contributed by atoms with Crippen LogP contribution in [0.25, 0.3) is 0 Å². The minimum absolute atomic E-state index is 0.348. The van der Waals surface area contributed by atoms with Gasteiger partial charge in [-0.2, -0.15) is 0 Å². The Hall–Kier alpha value is -1.22. The van der Waals surface area contributed by atoms with Crippen molar-refractivity contribution in [3.8, 4) is 0 Å². The molecule has 0 radical (unpaired) electrons. The Morgan fingerprint density at radius 1 is 1.58 bits per heavy atom. The van der Waals surface area contributed by atoms with Crippen LogP contribution in [-0.4, -0.2) is 50.1 Å². The average Bonchev–Trinajstić information content (AvgIpc) is 2.64. The highest BCUT2D eigenvalue weighted by Gasteiger charge is 2.55. The SMILES string of the molecule is O=c1ccn(C2O[C@@](CO)(CCl)[C@@H](O)[C@@H]2F)c(=O)[nH]1. The van der Waals surface area contributed by atoms with Crippen LogP contribution in [0.15, 0.2) is 21.9 Å². The third-order valence-electron chi connectivity index (χ3n) is 3.09. The van der Waals surface area contributed by atoms with Crippen LogP contribution in [-0.2, 0) is 4.74 Å². The number of nitrogens with zero attached hydrogens (tertiary/aromatic N) is 1. The first-order chi connectivity index (χ1) is 8.95. The molecule has 0 saturated carbocycles. The molecule has 0 aliphatic carbocycles. The fourth-order valence-corrected chi connectivity index (χ4v) is 2.25. The first-order valence-corrected chi connectivity index (χ1v) is 5.97. The summed E-state index contributed by atoms with van der Waals surface area (Å²) in [4.78, 5) is 24.4. The summed E-state index contributed by atoms with van der Waals surface area (Å²) in [7, 11) is 0. The zero-order valence-corrected chi connectivity index (χ0v) is 10.4. The normalized spacial score (nSPS) is 34.6. The molecule has 7 nitrogen and oxygen atoms in total. The molecular weight excluding hydrogens is 283 g/mol. The Kier molecular flexibility index (Phi) is 3.77. The Balaban J connectivity index is 2.42. The monoisotopic (exact) mass is 294 g/mol. The highest BCUT2D eigenvalue weighted by Crippen LogP contribution is 2.38. The van der Waals surface area contributed by atoms with E-state index in [4.69, 9.17) is 16.3 Å². The van der Waals surface area contributed by atoms with Crippen molar-refractivity contribution in [2.24, 2.45) is 0 Å². The van der Waals surface area contributed by atoms with Crippen LogP contribution in [0.3, 0.4) is 0 Å². The van der Waals surface area contributed by atoms with Gasteiger partial charge in [0, 0.05) is 12.3 Å². The summed E-state index contributed by atoms with van der Waals surface area (Å²) in [5, 5.41) is 19.0. The predicted molar refractivity (Wildman–Crippen MR) is 62.9 cm³/mol. The van der Waals surface area contributed by atoms with E-state index in [0.717, 1.165) is 16.8 Å². The third-order valence-corrected chi connectivity index (χ3v) is 3.54. The van der Waals surface area contributed by atoms with Gasteiger partial charge in [-0.3, -0.25) is 14.3 Å². The van der Waals surface area contributed by atoms with E-state index in [-0.39, 0.29) is 5.88 Å². The molecule has 106 valence electrons. The fraction of sp³-hybridized carbons (Fsp3) is 0.600. The summed E-state index contributed by atoms with van der Waals surface area (Å²) in [6.45, 7) is -0.702. The van der Waals surface area contributed by atoms with Crippen molar-refractivity contribution < 1.29 is 19.3 Å². The zero-order valence-electron chi connectivity index (χ0n) is 9.62. The van der Waals surface area contributed by atoms with Crippen molar-refractivity contribution in [2.75, 3.05) is 12.5 Å². The number of aliphatic hydroxyl groups is 2. The Morgan fingerprint density at radius 3 is 2.74 bits per heavy atom. The Morgan fingerprint density at radius 2 is 2.26 bits per heavy atom. The molecule has 1 aromatic heterocycles. The number of ether oxygens (including phenoxy) is 1. The van der Waals surface area contributed by atoms with Crippen molar-refractivity contribution in [2.45, 2.75) is 24.1 Å². The van der Waals surface area contributed by atoms with E-state index in [1.54, 1.807) is 0 Å². The van der Waals surface area contributed by atoms with Gasteiger partial charge in [-0.25, -0.2) is 9.18 Å². The van der Waals surface area contributed by atoms with Crippen LogP contribution in [0, 0.1) is 0 Å². The van der Waals surface area contributed by atoms with Crippen molar-refractivity contribution >= 4 is 11.6 Å². The lowest BCUT2D eigenvalue weighted by Gasteiger charge is -2.26.